The predicted octanol–water partition coefficient (Wildman–Crippen LogP) is 0.245. The number of hydrogen-bond donors (Lipinski definition) is 2. The second-order valence-electron chi connectivity index (χ2n) is 3.81. The van der Waals surface area contributed by atoms with Crippen LogP contribution >= 0.6 is 0 Å². The van der Waals surface area contributed by atoms with Gasteiger partial charge in [-0.15, -0.1) is 0 Å². The first-order valence-electron chi connectivity index (χ1n) is 5.33. The molecule has 0 aromatic heterocycles. The Kier molecular flexibility index (Phi) is 5.60. The van der Waals surface area contributed by atoms with Crippen molar-refractivity contribution in [2.24, 2.45) is 0 Å². The highest BCUT2D eigenvalue weighted by atomic mass is 16.6. The maximum absolute atomic E-state index is 10.3. The fourth-order valence-corrected chi connectivity index (χ4v) is 1.43. The minimum atomic E-state index is -0.749. The normalized spacial score (nSPS) is 23.7. The lowest BCUT2D eigenvalue weighted by Gasteiger charge is -2.24. The number of carboxylic acid groups (broad SMARTS) is 1. The lowest BCUT2D eigenvalue weighted by atomic mass is 10.2. The predicted molar refractivity (Wildman–Crippen MR) is 54.9 cm³/mol. The van der Waals surface area contributed by atoms with E-state index in [2.05, 4.69) is 5.32 Å². The van der Waals surface area contributed by atoms with Gasteiger partial charge in [0.15, 0.2) is 0 Å². The number of carboxylic acids is 1. The van der Waals surface area contributed by atoms with Gasteiger partial charge < -0.3 is 19.9 Å². The molecule has 1 heterocycles. The first-order chi connectivity index (χ1) is 7.18. The highest BCUT2D eigenvalue weighted by molar-refractivity contribution is 5.66. The number of ether oxygens (including phenoxy) is 2. The largest absolute Gasteiger partial charge is 0.481 e. The summed E-state index contributed by atoms with van der Waals surface area (Å²) in [6.45, 7) is 4.65. The van der Waals surface area contributed by atoms with Crippen LogP contribution in [0.1, 0.15) is 19.8 Å². The number of rotatable bonds is 6. The molecule has 0 aromatic carbocycles. The van der Waals surface area contributed by atoms with Gasteiger partial charge in [0.05, 0.1) is 25.9 Å². The van der Waals surface area contributed by atoms with Crippen LogP contribution in [0.25, 0.3) is 0 Å². The third-order valence-corrected chi connectivity index (χ3v) is 2.37. The Bertz CT molecular complexity index is 192. The van der Waals surface area contributed by atoms with Gasteiger partial charge in [0.1, 0.15) is 0 Å². The molecule has 0 spiro atoms. The van der Waals surface area contributed by atoms with Gasteiger partial charge in [-0.25, -0.2) is 0 Å². The standard InChI is InChI=1S/C10H19NO4/c1-8(2-3-10(12)13)11-6-9-7-14-4-5-15-9/h8-9,11H,2-7H2,1H3,(H,12,13). The summed E-state index contributed by atoms with van der Waals surface area (Å²) in [5.41, 5.74) is 0. The van der Waals surface area contributed by atoms with E-state index in [-0.39, 0.29) is 18.6 Å². The van der Waals surface area contributed by atoms with Crippen molar-refractivity contribution in [1.29, 1.82) is 0 Å². The minimum absolute atomic E-state index is 0.103. The van der Waals surface area contributed by atoms with E-state index < -0.39 is 5.97 Å². The van der Waals surface area contributed by atoms with Crippen molar-refractivity contribution < 1.29 is 19.4 Å². The molecule has 0 radical (unpaired) electrons. The smallest absolute Gasteiger partial charge is 0.303 e. The second-order valence-corrected chi connectivity index (χ2v) is 3.81. The van der Waals surface area contributed by atoms with Gasteiger partial charge in [-0.3, -0.25) is 4.79 Å². The molecule has 1 aliphatic rings. The zero-order chi connectivity index (χ0) is 11.1. The van der Waals surface area contributed by atoms with Crippen LogP contribution in [0, 0.1) is 0 Å². The molecule has 88 valence electrons. The van der Waals surface area contributed by atoms with E-state index in [0.29, 0.717) is 26.2 Å². The molecule has 5 heteroatoms. The Morgan fingerprint density at radius 2 is 2.40 bits per heavy atom. The molecular weight excluding hydrogens is 198 g/mol. The minimum Gasteiger partial charge on any atom is -0.481 e. The van der Waals surface area contributed by atoms with Crippen LogP contribution in [-0.2, 0) is 14.3 Å². The molecule has 0 bridgehead atoms. The Labute approximate surface area is 89.8 Å². The Hall–Kier alpha value is -0.650. The van der Waals surface area contributed by atoms with Crippen molar-refractivity contribution in [1.82, 2.24) is 5.32 Å². The van der Waals surface area contributed by atoms with E-state index in [1.54, 1.807) is 0 Å². The zero-order valence-electron chi connectivity index (χ0n) is 9.07. The van der Waals surface area contributed by atoms with Gasteiger partial charge in [0.2, 0.25) is 0 Å². The van der Waals surface area contributed by atoms with Crippen molar-refractivity contribution >= 4 is 5.97 Å². The lowest BCUT2D eigenvalue weighted by Crippen LogP contribution is -2.40. The molecule has 2 N–H and O–H groups in total. The van der Waals surface area contributed by atoms with E-state index in [4.69, 9.17) is 14.6 Å². The summed E-state index contributed by atoms with van der Waals surface area (Å²) < 4.78 is 10.7. The third kappa shape index (κ3) is 5.71. The lowest BCUT2D eigenvalue weighted by molar-refractivity contribution is -0.137. The van der Waals surface area contributed by atoms with E-state index in [0.717, 1.165) is 6.54 Å². The van der Waals surface area contributed by atoms with Crippen molar-refractivity contribution in [3.8, 4) is 0 Å². The highest BCUT2D eigenvalue weighted by Gasteiger charge is 2.15. The molecule has 1 saturated heterocycles. The summed E-state index contributed by atoms with van der Waals surface area (Å²) >= 11 is 0. The molecule has 2 atom stereocenters. The summed E-state index contributed by atoms with van der Waals surface area (Å²) in [4.78, 5) is 10.3. The summed E-state index contributed by atoms with van der Waals surface area (Å²) in [6, 6.07) is 0.201. The maximum atomic E-state index is 10.3. The molecule has 5 nitrogen and oxygen atoms in total. The van der Waals surface area contributed by atoms with Crippen LogP contribution in [0.4, 0.5) is 0 Å². The van der Waals surface area contributed by atoms with Crippen molar-refractivity contribution in [3.05, 3.63) is 0 Å². The van der Waals surface area contributed by atoms with E-state index in [1.807, 2.05) is 6.92 Å². The third-order valence-electron chi connectivity index (χ3n) is 2.37. The number of nitrogens with one attached hydrogen (secondary N) is 1. The number of hydrogen-bond acceptors (Lipinski definition) is 4. The van der Waals surface area contributed by atoms with Gasteiger partial charge in [0.25, 0.3) is 0 Å². The summed E-state index contributed by atoms with van der Waals surface area (Å²) in [7, 11) is 0. The molecule has 1 fully saturated rings. The molecule has 0 aromatic rings. The fraction of sp³-hybridized carbons (Fsp3) is 0.900. The van der Waals surface area contributed by atoms with Crippen LogP contribution in [-0.4, -0.2) is 49.6 Å². The summed E-state index contributed by atoms with van der Waals surface area (Å²) in [5.74, 6) is -0.749. The van der Waals surface area contributed by atoms with E-state index in [9.17, 15) is 4.79 Å². The Morgan fingerprint density at radius 1 is 1.60 bits per heavy atom. The van der Waals surface area contributed by atoms with Crippen molar-refractivity contribution in [2.75, 3.05) is 26.4 Å². The molecule has 0 aliphatic carbocycles. The quantitative estimate of drug-likeness (QED) is 0.667. The first kappa shape index (κ1) is 12.4. The molecule has 2 unspecified atom stereocenters. The highest BCUT2D eigenvalue weighted by Crippen LogP contribution is 2.01. The van der Waals surface area contributed by atoms with Crippen molar-refractivity contribution in [3.63, 3.8) is 0 Å². The Morgan fingerprint density at radius 3 is 3.00 bits per heavy atom. The second kappa shape index (κ2) is 6.76. The number of aliphatic carboxylic acids is 1. The van der Waals surface area contributed by atoms with E-state index in [1.165, 1.54) is 0 Å². The maximum Gasteiger partial charge on any atom is 0.303 e. The average molecular weight is 217 g/mol. The van der Waals surface area contributed by atoms with Gasteiger partial charge in [0, 0.05) is 19.0 Å². The zero-order valence-corrected chi connectivity index (χ0v) is 9.07. The summed E-state index contributed by atoms with van der Waals surface area (Å²) in [6.07, 6.45) is 0.949. The topological polar surface area (TPSA) is 67.8 Å². The average Bonchev–Trinajstić information content (AvgIpc) is 2.25. The van der Waals surface area contributed by atoms with Crippen LogP contribution in [0.3, 0.4) is 0 Å². The van der Waals surface area contributed by atoms with E-state index >= 15 is 0 Å². The number of carbonyl (C=O) groups is 1. The molecule has 0 saturated carbocycles. The summed E-state index contributed by atoms with van der Waals surface area (Å²) in [5, 5.41) is 11.7. The molecule has 1 aliphatic heterocycles. The van der Waals surface area contributed by atoms with Crippen LogP contribution in [0.2, 0.25) is 0 Å². The fourth-order valence-electron chi connectivity index (χ4n) is 1.43. The van der Waals surface area contributed by atoms with Crippen LogP contribution < -0.4 is 5.32 Å². The SMILES string of the molecule is CC(CCC(=O)O)NCC1COCCO1. The van der Waals surface area contributed by atoms with Crippen molar-refractivity contribution in [2.45, 2.75) is 31.9 Å². The van der Waals surface area contributed by atoms with Crippen LogP contribution in [0.5, 0.6) is 0 Å². The van der Waals surface area contributed by atoms with Gasteiger partial charge in [-0.2, -0.15) is 0 Å². The molecule has 15 heavy (non-hydrogen) atoms. The first-order valence-corrected chi connectivity index (χ1v) is 5.33. The van der Waals surface area contributed by atoms with Gasteiger partial charge in [-0.1, -0.05) is 0 Å². The Balaban J connectivity index is 2.04. The molecule has 0 amide bonds. The van der Waals surface area contributed by atoms with Crippen LogP contribution in [0.15, 0.2) is 0 Å². The van der Waals surface area contributed by atoms with Gasteiger partial charge >= 0.3 is 5.97 Å². The molecule has 1 rings (SSSR count). The molecular formula is C10H19NO4. The van der Waals surface area contributed by atoms with Gasteiger partial charge in [-0.05, 0) is 13.3 Å². The monoisotopic (exact) mass is 217 g/mol.